The number of aromatic nitrogens is 2. The topological polar surface area (TPSA) is 39.1 Å². The maximum Gasteiger partial charge on any atom is 0.0942 e. The third-order valence-electron chi connectivity index (χ3n) is 2.20. The van der Waals surface area contributed by atoms with E-state index in [1.165, 1.54) is 5.03 Å². The molecule has 0 aliphatic rings. The predicted octanol–water partition coefficient (Wildman–Crippen LogP) is 1.45. The lowest BCUT2D eigenvalue weighted by Gasteiger charge is -2.11. The van der Waals surface area contributed by atoms with Crippen LogP contribution in [-0.4, -0.2) is 41.8 Å². The second-order valence-corrected chi connectivity index (χ2v) is 5.33. The van der Waals surface area contributed by atoms with Gasteiger partial charge in [0.15, 0.2) is 0 Å². The van der Waals surface area contributed by atoms with Gasteiger partial charge in [-0.2, -0.15) is 5.10 Å². The molecular weight excluding hydrogens is 222 g/mol. The largest absolute Gasteiger partial charge is 0.383 e. The molecule has 0 radical (unpaired) electrons. The standard InChI is InChI=1S/C11H21N3OS/c1-9-7-11(14(3)13-9)16-10(2)8-12-5-6-15-4/h7,10,12H,5-6,8H2,1-4H3. The summed E-state index contributed by atoms with van der Waals surface area (Å²) in [5.41, 5.74) is 1.07. The van der Waals surface area contributed by atoms with Gasteiger partial charge >= 0.3 is 0 Å². The first-order valence-electron chi connectivity index (χ1n) is 5.50. The van der Waals surface area contributed by atoms with E-state index in [1.807, 2.05) is 30.4 Å². The molecule has 1 atom stereocenters. The van der Waals surface area contributed by atoms with Crippen molar-refractivity contribution < 1.29 is 4.74 Å². The van der Waals surface area contributed by atoms with Crippen LogP contribution in [0, 0.1) is 6.92 Å². The zero-order chi connectivity index (χ0) is 12.0. The SMILES string of the molecule is COCCNCC(C)Sc1cc(C)nn1C. The molecule has 5 heteroatoms. The average molecular weight is 243 g/mol. The Morgan fingerprint density at radius 2 is 2.38 bits per heavy atom. The molecule has 92 valence electrons. The molecule has 0 saturated carbocycles. The van der Waals surface area contributed by atoms with Crippen molar-refractivity contribution in [3.63, 3.8) is 0 Å². The van der Waals surface area contributed by atoms with E-state index in [9.17, 15) is 0 Å². The summed E-state index contributed by atoms with van der Waals surface area (Å²) >= 11 is 1.85. The van der Waals surface area contributed by atoms with Crippen molar-refractivity contribution in [2.45, 2.75) is 24.1 Å². The van der Waals surface area contributed by atoms with Crippen molar-refractivity contribution in [3.05, 3.63) is 11.8 Å². The van der Waals surface area contributed by atoms with Crippen molar-refractivity contribution in [2.75, 3.05) is 26.8 Å². The molecule has 1 heterocycles. The number of thioether (sulfide) groups is 1. The summed E-state index contributed by atoms with van der Waals surface area (Å²) in [5.74, 6) is 0. The van der Waals surface area contributed by atoms with Gasteiger partial charge in [0.25, 0.3) is 0 Å². The van der Waals surface area contributed by atoms with Crippen molar-refractivity contribution in [2.24, 2.45) is 7.05 Å². The Bertz CT molecular complexity index is 314. The van der Waals surface area contributed by atoms with Crippen LogP contribution in [0.4, 0.5) is 0 Å². The molecule has 16 heavy (non-hydrogen) atoms. The maximum absolute atomic E-state index is 4.98. The Hall–Kier alpha value is -0.520. The van der Waals surface area contributed by atoms with E-state index in [-0.39, 0.29) is 0 Å². The van der Waals surface area contributed by atoms with E-state index in [0.29, 0.717) is 5.25 Å². The fraction of sp³-hybridized carbons (Fsp3) is 0.727. The van der Waals surface area contributed by atoms with E-state index >= 15 is 0 Å². The maximum atomic E-state index is 4.98. The van der Waals surface area contributed by atoms with Crippen LogP contribution in [0.15, 0.2) is 11.1 Å². The first-order chi connectivity index (χ1) is 7.63. The first kappa shape index (κ1) is 13.5. The van der Waals surface area contributed by atoms with Crippen LogP contribution in [0.5, 0.6) is 0 Å². The zero-order valence-electron chi connectivity index (χ0n) is 10.5. The fourth-order valence-electron chi connectivity index (χ4n) is 1.42. The minimum atomic E-state index is 0.534. The number of nitrogens with one attached hydrogen (secondary N) is 1. The minimum absolute atomic E-state index is 0.534. The number of hydrogen-bond acceptors (Lipinski definition) is 4. The summed E-state index contributed by atoms with van der Waals surface area (Å²) in [4.78, 5) is 0. The Balaban J connectivity index is 2.28. The number of ether oxygens (including phenoxy) is 1. The molecule has 0 amide bonds. The van der Waals surface area contributed by atoms with Crippen molar-refractivity contribution in [1.82, 2.24) is 15.1 Å². The highest BCUT2D eigenvalue weighted by Gasteiger charge is 2.08. The molecule has 0 aliphatic heterocycles. The second-order valence-electron chi connectivity index (χ2n) is 3.87. The Kier molecular flexibility index (Phi) is 5.87. The van der Waals surface area contributed by atoms with E-state index < -0.39 is 0 Å². The van der Waals surface area contributed by atoms with Gasteiger partial charge in [0.1, 0.15) is 0 Å². The van der Waals surface area contributed by atoms with Crippen LogP contribution in [0.3, 0.4) is 0 Å². The van der Waals surface area contributed by atoms with E-state index in [1.54, 1.807) is 7.11 Å². The summed E-state index contributed by atoms with van der Waals surface area (Å²) in [6.07, 6.45) is 0. The molecule has 0 fully saturated rings. The van der Waals surface area contributed by atoms with E-state index in [2.05, 4.69) is 23.4 Å². The van der Waals surface area contributed by atoms with Gasteiger partial charge < -0.3 is 10.1 Å². The van der Waals surface area contributed by atoms with Crippen LogP contribution >= 0.6 is 11.8 Å². The lowest BCUT2D eigenvalue weighted by Crippen LogP contribution is -2.26. The summed E-state index contributed by atoms with van der Waals surface area (Å²) < 4.78 is 6.92. The number of hydrogen-bond donors (Lipinski definition) is 1. The quantitative estimate of drug-likeness (QED) is 0.581. The summed E-state index contributed by atoms with van der Waals surface area (Å²) in [6.45, 7) is 6.89. The van der Waals surface area contributed by atoms with Gasteiger partial charge in [-0.05, 0) is 13.0 Å². The van der Waals surface area contributed by atoms with Gasteiger partial charge in [0.2, 0.25) is 0 Å². The predicted molar refractivity (Wildman–Crippen MR) is 68.0 cm³/mol. The van der Waals surface area contributed by atoms with E-state index in [4.69, 9.17) is 4.74 Å². The molecule has 0 saturated heterocycles. The number of aryl methyl sites for hydroxylation is 2. The van der Waals surface area contributed by atoms with Crippen molar-refractivity contribution >= 4 is 11.8 Å². The van der Waals surface area contributed by atoms with Gasteiger partial charge in [-0.25, -0.2) is 0 Å². The molecule has 1 unspecified atom stereocenters. The molecule has 0 aromatic carbocycles. The van der Waals surface area contributed by atoms with E-state index in [0.717, 1.165) is 25.4 Å². The van der Waals surface area contributed by atoms with Gasteiger partial charge in [0, 0.05) is 32.5 Å². The van der Waals surface area contributed by atoms with Crippen LogP contribution in [-0.2, 0) is 11.8 Å². The normalized spacial score (nSPS) is 13.0. The smallest absolute Gasteiger partial charge is 0.0942 e. The highest BCUT2D eigenvalue weighted by molar-refractivity contribution is 7.99. The summed E-state index contributed by atoms with van der Waals surface area (Å²) in [5, 5.41) is 9.44. The molecule has 1 N–H and O–H groups in total. The number of methoxy groups -OCH3 is 1. The Morgan fingerprint density at radius 3 is 2.94 bits per heavy atom. The average Bonchev–Trinajstić information content (AvgIpc) is 2.52. The third-order valence-corrected chi connectivity index (χ3v) is 3.39. The van der Waals surface area contributed by atoms with Gasteiger partial charge in [-0.3, -0.25) is 4.68 Å². The summed E-state index contributed by atoms with van der Waals surface area (Å²) in [7, 11) is 3.71. The van der Waals surface area contributed by atoms with Crippen LogP contribution < -0.4 is 5.32 Å². The van der Waals surface area contributed by atoms with Crippen LogP contribution in [0.25, 0.3) is 0 Å². The summed E-state index contributed by atoms with van der Waals surface area (Å²) in [6, 6.07) is 2.12. The number of nitrogens with zero attached hydrogens (tertiary/aromatic N) is 2. The van der Waals surface area contributed by atoms with Gasteiger partial charge in [-0.15, -0.1) is 11.8 Å². The minimum Gasteiger partial charge on any atom is -0.383 e. The molecular formula is C11H21N3OS. The molecule has 1 aromatic heterocycles. The molecule has 0 aliphatic carbocycles. The van der Waals surface area contributed by atoms with Crippen LogP contribution in [0.1, 0.15) is 12.6 Å². The monoisotopic (exact) mass is 243 g/mol. The van der Waals surface area contributed by atoms with Crippen molar-refractivity contribution in [1.29, 1.82) is 0 Å². The highest BCUT2D eigenvalue weighted by atomic mass is 32.2. The Labute approximate surface area is 102 Å². The highest BCUT2D eigenvalue weighted by Crippen LogP contribution is 2.22. The van der Waals surface area contributed by atoms with Gasteiger partial charge in [0.05, 0.1) is 17.3 Å². The molecule has 0 spiro atoms. The molecule has 1 rings (SSSR count). The zero-order valence-corrected chi connectivity index (χ0v) is 11.3. The molecule has 0 bridgehead atoms. The molecule has 4 nitrogen and oxygen atoms in total. The molecule has 1 aromatic rings. The van der Waals surface area contributed by atoms with Crippen LogP contribution in [0.2, 0.25) is 0 Å². The van der Waals surface area contributed by atoms with Gasteiger partial charge in [-0.1, -0.05) is 6.92 Å². The number of rotatable bonds is 7. The third kappa shape index (κ3) is 4.55. The van der Waals surface area contributed by atoms with Crippen molar-refractivity contribution in [3.8, 4) is 0 Å². The lowest BCUT2D eigenvalue weighted by molar-refractivity contribution is 0.199. The Morgan fingerprint density at radius 1 is 1.62 bits per heavy atom. The second kappa shape index (κ2) is 6.93. The fourth-order valence-corrected chi connectivity index (χ4v) is 2.47. The first-order valence-corrected chi connectivity index (χ1v) is 6.38. The lowest BCUT2D eigenvalue weighted by atomic mass is 10.4.